The number of fused-ring (bicyclic) bond motifs is 1. The van der Waals surface area contributed by atoms with Gasteiger partial charge in [-0.2, -0.15) is 0 Å². The van der Waals surface area contributed by atoms with Crippen LogP contribution in [0.3, 0.4) is 0 Å². The molecule has 0 saturated heterocycles. The van der Waals surface area contributed by atoms with Crippen LogP contribution in [-0.4, -0.2) is 29.9 Å². The van der Waals surface area contributed by atoms with Crippen molar-refractivity contribution in [1.29, 1.82) is 0 Å². The van der Waals surface area contributed by atoms with E-state index in [0.717, 1.165) is 17.7 Å². The molecule has 0 bridgehead atoms. The van der Waals surface area contributed by atoms with Crippen LogP contribution in [0.5, 0.6) is 5.75 Å². The highest BCUT2D eigenvalue weighted by molar-refractivity contribution is 5.95. The Morgan fingerprint density at radius 3 is 2.48 bits per heavy atom. The molecule has 3 rings (SSSR count). The molecule has 142 valence electrons. The van der Waals surface area contributed by atoms with Crippen molar-refractivity contribution in [3.63, 3.8) is 0 Å². The summed E-state index contributed by atoms with van der Waals surface area (Å²) in [5.41, 5.74) is 4.05. The Balaban J connectivity index is 1.80. The first kappa shape index (κ1) is 19.0. The Morgan fingerprint density at radius 1 is 1.15 bits per heavy atom. The predicted octanol–water partition coefficient (Wildman–Crippen LogP) is 3.48. The molecule has 1 aliphatic heterocycles. The Kier molecular flexibility index (Phi) is 5.49. The fourth-order valence-corrected chi connectivity index (χ4v) is 3.76. The Bertz CT molecular complexity index is 845. The van der Waals surface area contributed by atoms with Gasteiger partial charge in [-0.05, 0) is 61.2 Å². The third kappa shape index (κ3) is 3.97. The summed E-state index contributed by atoms with van der Waals surface area (Å²) in [7, 11) is 1.67. The van der Waals surface area contributed by atoms with Gasteiger partial charge < -0.3 is 15.0 Å². The van der Waals surface area contributed by atoms with E-state index in [1.165, 1.54) is 18.1 Å². The van der Waals surface area contributed by atoms with Gasteiger partial charge in [0.2, 0.25) is 5.91 Å². The van der Waals surface area contributed by atoms with Gasteiger partial charge in [-0.15, -0.1) is 0 Å². The molecule has 0 radical (unpaired) electrons. The van der Waals surface area contributed by atoms with Gasteiger partial charge in [0.1, 0.15) is 5.75 Å². The van der Waals surface area contributed by atoms with Crippen molar-refractivity contribution in [3.05, 3.63) is 64.7 Å². The Labute approximate surface area is 160 Å². The fourth-order valence-electron chi connectivity index (χ4n) is 3.76. The zero-order chi connectivity index (χ0) is 19.6. The maximum atomic E-state index is 13.2. The largest absolute Gasteiger partial charge is 0.497 e. The van der Waals surface area contributed by atoms with Crippen LogP contribution in [0, 0.1) is 0 Å². The highest BCUT2D eigenvalue weighted by Crippen LogP contribution is 2.35. The van der Waals surface area contributed by atoms with Crippen LogP contribution in [0.25, 0.3) is 0 Å². The van der Waals surface area contributed by atoms with Gasteiger partial charge in [0.05, 0.1) is 13.2 Å². The molecule has 0 aliphatic carbocycles. The minimum absolute atomic E-state index is 0.00112. The second kappa shape index (κ2) is 7.82. The van der Waals surface area contributed by atoms with E-state index >= 15 is 0 Å². The van der Waals surface area contributed by atoms with E-state index in [1.54, 1.807) is 7.11 Å². The number of nitrogens with one attached hydrogen (secondary N) is 1. The number of benzene rings is 2. The van der Waals surface area contributed by atoms with Crippen LogP contribution in [0.4, 0.5) is 0 Å². The molecule has 0 saturated carbocycles. The third-order valence-corrected chi connectivity index (χ3v) is 5.18. The lowest BCUT2D eigenvalue weighted by molar-refractivity contribution is -0.119. The SMILES string of the molecule is COc1ccc2c(c1)C[C@H](C)N(C(=O)c1ccc(CNC(C)=O)cc1)[C@H]2C. The molecule has 5 nitrogen and oxygen atoms in total. The zero-order valence-corrected chi connectivity index (χ0v) is 16.3. The van der Waals surface area contributed by atoms with E-state index in [1.807, 2.05) is 35.2 Å². The number of carbonyl (C=O) groups excluding carboxylic acids is 2. The van der Waals surface area contributed by atoms with Crippen molar-refractivity contribution in [2.75, 3.05) is 7.11 Å². The number of amides is 2. The monoisotopic (exact) mass is 366 g/mol. The maximum absolute atomic E-state index is 13.2. The van der Waals surface area contributed by atoms with Crippen LogP contribution in [0.1, 0.15) is 53.9 Å². The molecule has 1 N–H and O–H groups in total. The summed E-state index contributed by atoms with van der Waals surface area (Å²) in [6.45, 7) is 6.12. The molecule has 1 heterocycles. The van der Waals surface area contributed by atoms with E-state index < -0.39 is 0 Å². The van der Waals surface area contributed by atoms with E-state index in [9.17, 15) is 9.59 Å². The lowest BCUT2D eigenvalue weighted by Gasteiger charge is -2.40. The smallest absolute Gasteiger partial charge is 0.254 e. The summed E-state index contributed by atoms with van der Waals surface area (Å²) < 4.78 is 5.33. The lowest BCUT2D eigenvalue weighted by Crippen LogP contribution is -2.45. The molecule has 2 amide bonds. The minimum atomic E-state index is -0.0681. The van der Waals surface area contributed by atoms with Gasteiger partial charge in [-0.3, -0.25) is 9.59 Å². The van der Waals surface area contributed by atoms with Crippen molar-refractivity contribution in [3.8, 4) is 5.75 Å². The first-order valence-electron chi connectivity index (χ1n) is 9.23. The minimum Gasteiger partial charge on any atom is -0.497 e. The van der Waals surface area contributed by atoms with Crippen molar-refractivity contribution < 1.29 is 14.3 Å². The van der Waals surface area contributed by atoms with Crippen molar-refractivity contribution in [2.45, 2.75) is 45.8 Å². The molecule has 2 atom stereocenters. The molecule has 1 aliphatic rings. The maximum Gasteiger partial charge on any atom is 0.254 e. The number of rotatable bonds is 4. The normalized spacial score (nSPS) is 18.6. The summed E-state index contributed by atoms with van der Waals surface area (Å²) in [6, 6.07) is 13.6. The fraction of sp³-hybridized carbons (Fsp3) is 0.364. The van der Waals surface area contributed by atoms with Crippen LogP contribution in [0.2, 0.25) is 0 Å². The van der Waals surface area contributed by atoms with Gasteiger partial charge in [0.15, 0.2) is 0 Å². The third-order valence-electron chi connectivity index (χ3n) is 5.18. The average molecular weight is 366 g/mol. The molecule has 0 fully saturated rings. The Hall–Kier alpha value is -2.82. The second-order valence-electron chi connectivity index (χ2n) is 7.11. The van der Waals surface area contributed by atoms with Crippen LogP contribution < -0.4 is 10.1 Å². The summed E-state index contributed by atoms with van der Waals surface area (Å²) in [5, 5.41) is 2.76. The van der Waals surface area contributed by atoms with Crippen molar-refractivity contribution in [1.82, 2.24) is 10.2 Å². The van der Waals surface area contributed by atoms with Gasteiger partial charge >= 0.3 is 0 Å². The number of ether oxygens (including phenoxy) is 1. The molecule has 27 heavy (non-hydrogen) atoms. The standard InChI is InChI=1S/C22H26N2O3/c1-14-11-19-12-20(27-4)9-10-21(19)15(2)24(14)22(26)18-7-5-17(6-8-18)13-23-16(3)25/h5-10,12,14-15H,11,13H2,1-4H3,(H,23,25)/t14-,15-/m0/s1. The highest BCUT2D eigenvalue weighted by atomic mass is 16.5. The van der Waals surface area contributed by atoms with Crippen LogP contribution >= 0.6 is 0 Å². The van der Waals surface area contributed by atoms with E-state index in [-0.39, 0.29) is 23.9 Å². The molecule has 0 aromatic heterocycles. The number of methoxy groups -OCH3 is 1. The molecular formula is C22H26N2O3. The molecule has 2 aromatic rings. The van der Waals surface area contributed by atoms with E-state index in [0.29, 0.717) is 12.1 Å². The topological polar surface area (TPSA) is 58.6 Å². The second-order valence-corrected chi connectivity index (χ2v) is 7.11. The van der Waals surface area contributed by atoms with E-state index in [2.05, 4.69) is 31.3 Å². The summed E-state index contributed by atoms with van der Waals surface area (Å²) in [6.07, 6.45) is 0.809. The van der Waals surface area contributed by atoms with Crippen LogP contribution in [0.15, 0.2) is 42.5 Å². The first-order chi connectivity index (χ1) is 12.9. The Morgan fingerprint density at radius 2 is 1.85 bits per heavy atom. The molecule has 0 spiro atoms. The summed E-state index contributed by atoms with van der Waals surface area (Å²) in [5.74, 6) is 0.812. The number of nitrogens with zero attached hydrogens (tertiary/aromatic N) is 1. The van der Waals surface area contributed by atoms with E-state index in [4.69, 9.17) is 4.74 Å². The lowest BCUT2D eigenvalue weighted by atomic mass is 9.88. The van der Waals surface area contributed by atoms with Gasteiger partial charge in [0, 0.05) is 25.1 Å². The van der Waals surface area contributed by atoms with Crippen molar-refractivity contribution >= 4 is 11.8 Å². The van der Waals surface area contributed by atoms with Gasteiger partial charge in [-0.1, -0.05) is 18.2 Å². The van der Waals surface area contributed by atoms with Gasteiger partial charge in [-0.25, -0.2) is 0 Å². The highest BCUT2D eigenvalue weighted by Gasteiger charge is 2.33. The zero-order valence-electron chi connectivity index (χ0n) is 16.3. The average Bonchev–Trinajstić information content (AvgIpc) is 2.66. The quantitative estimate of drug-likeness (QED) is 0.901. The first-order valence-corrected chi connectivity index (χ1v) is 9.23. The summed E-state index contributed by atoms with van der Waals surface area (Å²) >= 11 is 0. The summed E-state index contributed by atoms with van der Waals surface area (Å²) in [4.78, 5) is 26.2. The number of hydrogen-bond donors (Lipinski definition) is 1. The molecule has 5 heteroatoms. The molecular weight excluding hydrogens is 340 g/mol. The van der Waals surface area contributed by atoms with Gasteiger partial charge in [0.25, 0.3) is 5.91 Å². The molecule has 0 unspecified atom stereocenters. The van der Waals surface area contributed by atoms with Crippen LogP contribution in [-0.2, 0) is 17.8 Å². The number of carbonyl (C=O) groups is 2. The van der Waals surface area contributed by atoms with Crippen molar-refractivity contribution in [2.24, 2.45) is 0 Å². The number of hydrogen-bond acceptors (Lipinski definition) is 3. The predicted molar refractivity (Wildman–Crippen MR) is 105 cm³/mol. The molecule has 2 aromatic carbocycles.